The number of hydrogen-bond acceptors (Lipinski definition) is 6. The maximum Gasteiger partial charge on any atom is 0.175 e. The average Bonchev–Trinajstić information content (AvgIpc) is 3.33. The summed E-state index contributed by atoms with van der Waals surface area (Å²) in [6.45, 7) is 2.22. The van der Waals surface area contributed by atoms with Gasteiger partial charge in [0.25, 0.3) is 0 Å². The second kappa shape index (κ2) is 6.53. The smallest absolute Gasteiger partial charge is 0.175 e. The minimum Gasteiger partial charge on any atom is -0.394 e. The van der Waals surface area contributed by atoms with E-state index in [1.54, 1.807) is 22.5 Å². The summed E-state index contributed by atoms with van der Waals surface area (Å²) in [5, 5.41) is 11.0. The third kappa shape index (κ3) is 3.17. The molecule has 2 heterocycles. The number of rotatable bonds is 4. The quantitative estimate of drug-likeness (QED) is 0.759. The van der Waals surface area contributed by atoms with Crippen molar-refractivity contribution < 1.29 is 13.5 Å². The zero-order valence-electron chi connectivity index (χ0n) is 15.6. The Balaban J connectivity index is 1.97. The Morgan fingerprint density at radius 2 is 2.04 bits per heavy atom. The molecule has 146 valence electrons. The van der Waals surface area contributed by atoms with Crippen molar-refractivity contribution in [1.82, 2.24) is 4.68 Å². The SMILES string of the molecule is CC1(c2cc(S(C)(=O)=O)cc3cc(C4=NC(CO)CS4)n(N)c23)CCCC1. The van der Waals surface area contributed by atoms with Crippen LogP contribution in [0.4, 0.5) is 0 Å². The summed E-state index contributed by atoms with van der Waals surface area (Å²) in [4.78, 5) is 4.90. The predicted octanol–water partition coefficient (Wildman–Crippen LogP) is 2.44. The Labute approximate surface area is 163 Å². The minimum atomic E-state index is -3.33. The summed E-state index contributed by atoms with van der Waals surface area (Å²) in [7, 11) is -3.33. The number of sulfone groups is 1. The first kappa shape index (κ1) is 18.8. The van der Waals surface area contributed by atoms with Crippen molar-refractivity contribution in [3.05, 3.63) is 29.5 Å². The third-order valence-corrected chi connectivity index (χ3v) is 8.06. The first-order valence-corrected chi connectivity index (χ1v) is 12.1. The monoisotopic (exact) mass is 407 g/mol. The van der Waals surface area contributed by atoms with Gasteiger partial charge in [0.15, 0.2) is 9.84 Å². The maximum atomic E-state index is 12.3. The van der Waals surface area contributed by atoms with Gasteiger partial charge in [-0.1, -0.05) is 19.8 Å². The molecule has 0 saturated heterocycles. The molecule has 1 aromatic carbocycles. The number of nitrogens with two attached hydrogens (primary N) is 1. The molecule has 8 heteroatoms. The molecular weight excluding hydrogens is 382 g/mol. The Kier molecular flexibility index (Phi) is 4.56. The van der Waals surface area contributed by atoms with Gasteiger partial charge in [-0.25, -0.2) is 8.42 Å². The lowest BCUT2D eigenvalue weighted by Crippen LogP contribution is -2.22. The molecule has 3 N–H and O–H groups in total. The molecule has 1 unspecified atom stereocenters. The van der Waals surface area contributed by atoms with E-state index in [4.69, 9.17) is 5.84 Å². The molecule has 1 atom stereocenters. The molecule has 1 saturated carbocycles. The number of thioether (sulfide) groups is 1. The van der Waals surface area contributed by atoms with Crippen LogP contribution < -0.4 is 5.84 Å². The Morgan fingerprint density at radius 1 is 1.33 bits per heavy atom. The van der Waals surface area contributed by atoms with Crippen molar-refractivity contribution in [3.63, 3.8) is 0 Å². The molecule has 0 spiro atoms. The molecule has 0 bridgehead atoms. The summed E-state index contributed by atoms with van der Waals surface area (Å²) in [5.41, 5.74) is 2.59. The van der Waals surface area contributed by atoms with Crippen LogP contribution >= 0.6 is 11.8 Å². The number of hydrogen-bond donors (Lipinski definition) is 2. The molecule has 4 rings (SSSR count). The summed E-state index contributed by atoms with van der Waals surface area (Å²) in [6.07, 6.45) is 5.58. The normalized spacial score (nSPS) is 22.5. The van der Waals surface area contributed by atoms with Crippen LogP contribution in [0.15, 0.2) is 28.1 Å². The number of aromatic nitrogens is 1. The largest absolute Gasteiger partial charge is 0.394 e. The topological polar surface area (TPSA) is 97.7 Å². The summed E-state index contributed by atoms with van der Waals surface area (Å²) in [5.74, 6) is 7.23. The number of aliphatic hydroxyl groups is 1. The third-order valence-electron chi connectivity index (χ3n) is 5.83. The number of nitrogen functional groups attached to an aromatic ring is 1. The van der Waals surface area contributed by atoms with Crippen LogP contribution in [0.2, 0.25) is 0 Å². The lowest BCUT2D eigenvalue weighted by molar-refractivity contribution is 0.277. The van der Waals surface area contributed by atoms with Gasteiger partial charge in [-0.2, -0.15) is 0 Å². The van der Waals surface area contributed by atoms with Crippen molar-refractivity contribution in [3.8, 4) is 0 Å². The molecule has 2 aliphatic rings. The first-order valence-electron chi connectivity index (χ1n) is 9.20. The zero-order chi connectivity index (χ0) is 19.4. The van der Waals surface area contributed by atoms with Gasteiger partial charge in [0, 0.05) is 17.4 Å². The highest BCUT2D eigenvalue weighted by molar-refractivity contribution is 8.14. The summed E-state index contributed by atoms with van der Waals surface area (Å²) >= 11 is 1.58. The van der Waals surface area contributed by atoms with Crippen LogP contribution in [0, 0.1) is 0 Å². The fraction of sp³-hybridized carbons (Fsp3) is 0.526. The van der Waals surface area contributed by atoms with Crippen LogP contribution in [0.25, 0.3) is 10.9 Å². The maximum absolute atomic E-state index is 12.3. The van der Waals surface area contributed by atoms with E-state index in [-0.39, 0.29) is 18.1 Å². The number of benzene rings is 1. The lowest BCUT2D eigenvalue weighted by Gasteiger charge is -2.26. The first-order chi connectivity index (χ1) is 12.7. The van der Waals surface area contributed by atoms with Gasteiger partial charge in [-0.15, -0.1) is 11.8 Å². The van der Waals surface area contributed by atoms with Crippen molar-refractivity contribution in [2.75, 3.05) is 24.5 Å². The molecule has 6 nitrogen and oxygen atoms in total. The Bertz CT molecular complexity index is 1030. The molecule has 27 heavy (non-hydrogen) atoms. The number of fused-ring (bicyclic) bond motifs is 1. The van der Waals surface area contributed by atoms with Crippen LogP contribution in [0.5, 0.6) is 0 Å². The Hall–Kier alpha value is -1.51. The molecule has 0 amide bonds. The van der Waals surface area contributed by atoms with Crippen LogP contribution in [0.3, 0.4) is 0 Å². The second-order valence-corrected chi connectivity index (χ2v) is 11.0. The standard InChI is InChI=1S/C19H25N3O3S2/c1-19(5-3-4-6-19)15-9-14(27(2,24)25)7-12-8-16(22(20)17(12)15)18-21-13(10-23)11-26-18/h7-9,13,23H,3-6,10-11,20H2,1-2H3. The number of aliphatic imine (C=N–C) groups is 1. The molecular formula is C19H25N3O3S2. The lowest BCUT2D eigenvalue weighted by atomic mass is 9.80. The summed E-state index contributed by atoms with van der Waals surface area (Å²) in [6, 6.07) is 5.35. The van der Waals surface area contributed by atoms with E-state index in [9.17, 15) is 13.5 Å². The van der Waals surface area contributed by atoms with Crippen molar-refractivity contribution in [1.29, 1.82) is 0 Å². The van der Waals surface area contributed by atoms with Gasteiger partial charge in [0.05, 0.1) is 28.8 Å². The van der Waals surface area contributed by atoms with Crippen LogP contribution in [0.1, 0.15) is 43.9 Å². The highest BCUT2D eigenvalue weighted by Gasteiger charge is 2.35. The van der Waals surface area contributed by atoms with E-state index in [1.165, 1.54) is 6.26 Å². The molecule has 2 aromatic rings. The number of aliphatic hydroxyl groups excluding tert-OH is 1. The van der Waals surface area contributed by atoms with E-state index in [2.05, 4.69) is 11.9 Å². The highest BCUT2D eigenvalue weighted by atomic mass is 32.2. The molecule has 1 aliphatic heterocycles. The molecule has 1 fully saturated rings. The van der Waals surface area contributed by atoms with Gasteiger partial charge in [-0.3, -0.25) is 9.67 Å². The molecule has 0 radical (unpaired) electrons. The van der Waals surface area contributed by atoms with Crippen molar-refractivity contribution >= 4 is 37.5 Å². The molecule has 1 aromatic heterocycles. The predicted molar refractivity (Wildman–Crippen MR) is 111 cm³/mol. The van der Waals surface area contributed by atoms with E-state index in [0.717, 1.165) is 58.6 Å². The van der Waals surface area contributed by atoms with Gasteiger partial charge in [0.2, 0.25) is 0 Å². The van der Waals surface area contributed by atoms with E-state index < -0.39 is 9.84 Å². The Morgan fingerprint density at radius 3 is 2.63 bits per heavy atom. The fourth-order valence-corrected chi connectivity index (χ4v) is 5.99. The van der Waals surface area contributed by atoms with Crippen LogP contribution in [-0.2, 0) is 15.3 Å². The van der Waals surface area contributed by atoms with E-state index in [0.29, 0.717) is 4.90 Å². The highest BCUT2D eigenvalue weighted by Crippen LogP contribution is 2.44. The zero-order valence-corrected chi connectivity index (χ0v) is 17.2. The van der Waals surface area contributed by atoms with E-state index in [1.807, 2.05) is 12.1 Å². The number of nitrogens with zero attached hydrogens (tertiary/aromatic N) is 2. The second-order valence-electron chi connectivity index (χ2n) is 7.93. The van der Waals surface area contributed by atoms with Crippen molar-refractivity contribution in [2.45, 2.75) is 49.0 Å². The fourth-order valence-electron chi connectivity index (χ4n) is 4.26. The van der Waals surface area contributed by atoms with Gasteiger partial charge in [0.1, 0.15) is 5.04 Å². The van der Waals surface area contributed by atoms with Crippen molar-refractivity contribution in [2.24, 2.45) is 4.99 Å². The molecule has 1 aliphatic carbocycles. The van der Waals surface area contributed by atoms with Gasteiger partial charge in [-0.05, 0) is 42.0 Å². The minimum absolute atomic E-state index is 0.0167. The van der Waals surface area contributed by atoms with Gasteiger partial charge < -0.3 is 10.9 Å². The average molecular weight is 408 g/mol. The van der Waals surface area contributed by atoms with Gasteiger partial charge >= 0.3 is 0 Å². The van der Waals surface area contributed by atoms with E-state index >= 15 is 0 Å². The summed E-state index contributed by atoms with van der Waals surface area (Å²) < 4.78 is 26.2. The van der Waals surface area contributed by atoms with Crippen LogP contribution in [-0.4, -0.2) is 47.9 Å².